The normalized spacial score (nSPS) is 21.3. The summed E-state index contributed by atoms with van der Waals surface area (Å²) in [7, 11) is 0. The lowest BCUT2D eigenvalue weighted by Crippen LogP contribution is -2.37. The molecule has 1 fully saturated rings. The van der Waals surface area contributed by atoms with Crippen molar-refractivity contribution in [2.75, 3.05) is 19.0 Å². The molecule has 88 valence electrons. The van der Waals surface area contributed by atoms with E-state index in [0.29, 0.717) is 5.88 Å². The lowest BCUT2D eigenvalue weighted by molar-refractivity contribution is -0.134. The van der Waals surface area contributed by atoms with E-state index in [0.717, 1.165) is 25.9 Å². The first-order valence-electron chi connectivity index (χ1n) is 6.10. The largest absolute Gasteiger partial charge is 0.342 e. The molecule has 1 rings (SSSR count). The summed E-state index contributed by atoms with van der Waals surface area (Å²) in [5, 5.41) is 0. The Kier molecular flexibility index (Phi) is 6.07. The van der Waals surface area contributed by atoms with Crippen molar-refractivity contribution in [3.63, 3.8) is 0 Å². The highest BCUT2D eigenvalue weighted by atomic mass is 35.5. The van der Waals surface area contributed by atoms with Crippen molar-refractivity contribution in [3.8, 4) is 0 Å². The standard InChI is InChI=1S/C12H22ClNO/c1-11(10-13)12(15)14-8-6-4-2-3-5-7-9-14/h11H,2-10H2,1H3. The van der Waals surface area contributed by atoms with Gasteiger partial charge in [-0.25, -0.2) is 0 Å². The van der Waals surface area contributed by atoms with Gasteiger partial charge in [0.05, 0.1) is 0 Å². The van der Waals surface area contributed by atoms with Crippen molar-refractivity contribution in [3.05, 3.63) is 0 Å². The van der Waals surface area contributed by atoms with Crippen LogP contribution in [0.25, 0.3) is 0 Å². The molecular formula is C12H22ClNO. The quantitative estimate of drug-likeness (QED) is 0.669. The van der Waals surface area contributed by atoms with Crippen molar-refractivity contribution < 1.29 is 4.79 Å². The number of hydrogen-bond donors (Lipinski definition) is 0. The van der Waals surface area contributed by atoms with E-state index in [1.54, 1.807) is 0 Å². The second kappa shape index (κ2) is 7.10. The molecule has 0 aromatic carbocycles. The van der Waals surface area contributed by atoms with E-state index >= 15 is 0 Å². The minimum absolute atomic E-state index is 0.0209. The molecule has 1 heterocycles. The van der Waals surface area contributed by atoms with Gasteiger partial charge in [0.15, 0.2) is 0 Å². The van der Waals surface area contributed by atoms with Gasteiger partial charge in [-0.15, -0.1) is 11.6 Å². The number of carbonyl (C=O) groups excluding carboxylic acids is 1. The Morgan fingerprint density at radius 3 is 2.07 bits per heavy atom. The van der Waals surface area contributed by atoms with Gasteiger partial charge < -0.3 is 4.90 Å². The number of alkyl halides is 1. The lowest BCUT2D eigenvalue weighted by Gasteiger charge is -2.24. The highest BCUT2D eigenvalue weighted by Crippen LogP contribution is 2.13. The van der Waals surface area contributed by atoms with Gasteiger partial charge in [0.2, 0.25) is 5.91 Å². The van der Waals surface area contributed by atoms with Crippen LogP contribution in [0.3, 0.4) is 0 Å². The fraction of sp³-hybridized carbons (Fsp3) is 0.917. The smallest absolute Gasteiger partial charge is 0.226 e. The third-order valence-electron chi connectivity index (χ3n) is 3.07. The van der Waals surface area contributed by atoms with Gasteiger partial charge in [0.25, 0.3) is 0 Å². The fourth-order valence-corrected chi connectivity index (χ4v) is 2.15. The second-order valence-corrected chi connectivity index (χ2v) is 4.81. The Labute approximate surface area is 98.0 Å². The SMILES string of the molecule is CC(CCl)C(=O)N1CCCCCCCC1. The van der Waals surface area contributed by atoms with Gasteiger partial charge in [0, 0.05) is 24.9 Å². The van der Waals surface area contributed by atoms with Crippen LogP contribution >= 0.6 is 11.6 Å². The maximum absolute atomic E-state index is 11.9. The van der Waals surface area contributed by atoms with Crippen molar-refractivity contribution in [1.29, 1.82) is 0 Å². The van der Waals surface area contributed by atoms with Crippen molar-refractivity contribution in [1.82, 2.24) is 4.90 Å². The van der Waals surface area contributed by atoms with Crippen molar-refractivity contribution in [2.45, 2.75) is 45.4 Å². The average molecular weight is 232 g/mol. The highest BCUT2D eigenvalue weighted by molar-refractivity contribution is 6.19. The highest BCUT2D eigenvalue weighted by Gasteiger charge is 2.19. The Bertz CT molecular complexity index is 186. The first-order chi connectivity index (χ1) is 7.25. The average Bonchev–Trinajstić information content (AvgIpc) is 2.40. The van der Waals surface area contributed by atoms with Crippen LogP contribution in [-0.4, -0.2) is 29.8 Å². The van der Waals surface area contributed by atoms with Crippen LogP contribution in [0.5, 0.6) is 0 Å². The van der Waals surface area contributed by atoms with Gasteiger partial charge in [-0.3, -0.25) is 4.79 Å². The molecule has 1 aliphatic heterocycles. The maximum Gasteiger partial charge on any atom is 0.226 e. The van der Waals surface area contributed by atoms with Gasteiger partial charge in [0.1, 0.15) is 0 Å². The topological polar surface area (TPSA) is 20.3 Å². The van der Waals surface area contributed by atoms with E-state index in [1.165, 1.54) is 25.7 Å². The monoisotopic (exact) mass is 231 g/mol. The Balaban J connectivity index is 2.45. The molecule has 0 spiro atoms. The van der Waals surface area contributed by atoms with Crippen molar-refractivity contribution >= 4 is 17.5 Å². The van der Waals surface area contributed by atoms with Crippen LogP contribution in [0.4, 0.5) is 0 Å². The predicted molar refractivity (Wildman–Crippen MR) is 64.2 cm³/mol. The minimum atomic E-state index is -0.0209. The van der Waals surface area contributed by atoms with Crippen molar-refractivity contribution in [2.24, 2.45) is 5.92 Å². The molecule has 1 unspecified atom stereocenters. The third kappa shape index (κ3) is 4.42. The molecule has 0 N–H and O–H groups in total. The summed E-state index contributed by atoms with van der Waals surface area (Å²) in [6.45, 7) is 3.78. The van der Waals surface area contributed by atoms with Crippen LogP contribution in [-0.2, 0) is 4.79 Å². The minimum Gasteiger partial charge on any atom is -0.342 e. The van der Waals surface area contributed by atoms with Crippen LogP contribution < -0.4 is 0 Å². The molecule has 0 bridgehead atoms. The summed E-state index contributed by atoms with van der Waals surface area (Å²) in [6, 6.07) is 0. The number of halogens is 1. The van der Waals surface area contributed by atoms with Gasteiger partial charge in [-0.1, -0.05) is 32.6 Å². The molecule has 0 aromatic heterocycles. The maximum atomic E-state index is 11.9. The second-order valence-electron chi connectivity index (χ2n) is 4.50. The zero-order chi connectivity index (χ0) is 11.1. The van der Waals surface area contributed by atoms with Gasteiger partial charge in [-0.05, 0) is 12.8 Å². The molecule has 1 atom stereocenters. The molecule has 0 aliphatic carbocycles. The van der Waals surface area contributed by atoms with Crippen LogP contribution in [0, 0.1) is 5.92 Å². The number of nitrogens with zero attached hydrogens (tertiary/aromatic N) is 1. The summed E-state index contributed by atoms with van der Waals surface area (Å²) >= 11 is 5.72. The molecule has 1 aliphatic rings. The number of amides is 1. The van der Waals surface area contributed by atoms with E-state index in [2.05, 4.69) is 0 Å². The lowest BCUT2D eigenvalue weighted by atomic mass is 10.1. The molecule has 0 saturated carbocycles. The fourth-order valence-electron chi connectivity index (χ4n) is 2.02. The summed E-state index contributed by atoms with van der Waals surface area (Å²) in [5.41, 5.74) is 0. The number of hydrogen-bond acceptors (Lipinski definition) is 1. The molecule has 3 heteroatoms. The van der Waals surface area contributed by atoms with E-state index < -0.39 is 0 Å². The van der Waals surface area contributed by atoms with Crippen LogP contribution in [0.1, 0.15) is 45.4 Å². The first kappa shape index (κ1) is 12.8. The first-order valence-corrected chi connectivity index (χ1v) is 6.64. The van der Waals surface area contributed by atoms with E-state index in [4.69, 9.17) is 11.6 Å². The summed E-state index contributed by atoms with van der Waals surface area (Å²) in [6.07, 6.45) is 7.49. The zero-order valence-corrected chi connectivity index (χ0v) is 10.4. The van der Waals surface area contributed by atoms with Gasteiger partial charge in [-0.2, -0.15) is 0 Å². The summed E-state index contributed by atoms with van der Waals surface area (Å²) in [4.78, 5) is 14.0. The molecule has 1 amide bonds. The van der Waals surface area contributed by atoms with E-state index in [1.807, 2.05) is 11.8 Å². The number of rotatable bonds is 2. The Hall–Kier alpha value is -0.240. The molecule has 0 aromatic rings. The molecule has 0 radical (unpaired) electrons. The molecule has 2 nitrogen and oxygen atoms in total. The summed E-state index contributed by atoms with van der Waals surface area (Å²) in [5.74, 6) is 0.661. The van der Waals surface area contributed by atoms with E-state index in [9.17, 15) is 4.79 Å². The van der Waals surface area contributed by atoms with Crippen LogP contribution in [0.15, 0.2) is 0 Å². The van der Waals surface area contributed by atoms with Gasteiger partial charge >= 0.3 is 0 Å². The predicted octanol–water partition coefficient (Wildman–Crippen LogP) is 3.04. The Morgan fingerprint density at radius 2 is 1.60 bits per heavy atom. The van der Waals surface area contributed by atoms with E-state index in [-0.39, 0.29) is 11.8 Å². The molecule has 15 heavy (non-hydrogen) atoms. The summed E-state index contributed by atoms with van der Waals surface area (Å²) < 4.78 is 0. The molecular weight excluding hydrogens is 210 g/mol. The number of carbonyl (C=O) groups is 1. The third-order valence-corrected chi connectivity index (χ3v) is 3.53. The zero-order valence-electron chi connectivity index (χ0n) is 9.67. The Morgan fingerprint density at radius 1 is 1.13 bits per heavy atom. The molecule has 1 saturated heterocycles. The van der Waals surface area contributed by atoms with Crippen LogP contribution in [0.2, 0.25) is 0 Å².